The van der Waals surface area contributed by atoms with Crippen molar-refractivity contribution in [3.63, 3.8) is 0 Å². The molecule has 5 nitrogen and oxygen atoms in total. The standard InChI is InChI=1S/C23H18Cl2N2O3/c1-14-4-2-3-5-20(14)29-13-21(28)26-17-8-6-15(7-9-17)10-22-27-19-12-16(24)11-18(25)23(19)30-22/h2-9,11-12H,10,13H2,1H3,(H,26,28). The van der Waals surface area contributed by atoms with E-state index in [-0.39, 0.29) is 12.5 Å². The maximum atomic E-state index is 12.1. The van der Waals surface area contributed by atoms with Gasteiger partial charge in [-0.15, -0.1) is 0 Å². The van der Waals surface area contributed by atoms with Crippen LogP contribution in [0, 0.1) is 6.92 Å². The highest BCUT2D eigenvalue weighted by molar-refractivity contribution is 6.37. The summed E-state index contributed by atoms with van der Waals surface area (Å²) in [4.78, 5) is 16.6. The van der Waals surface area contributed by atoms with E-state index in [1.807, 2.05) is 55.5 Å². The van der Waals surface area contributed by atoms with Gasteiger partial charge < -0.3 is 14.5 Å². The van der Waals surface area contributed by atoms with Crippen LogP contribution in [0.2, 0.25) is 10.0 Å². The number of nitrogens with one attached hydrogen (secondary N) is 1. The van der Waals surface area contributed by atoms with Crippen molar-refractivity contribution < 1.29 is 13.9 Å². The summed E-state index contributed by atoms with van der Waals surface area (Å²) in [6.07, 6.45) is 0.493. The van der Waals surface area contributed by atoms with Crippen molar-refractivity contribution in [3.8, 4) is 5.75 Å². The van der Waals surface area contributed by atoms with E-state index in [0.29, 0.717) is 44.9 Å². The van der Waals surface area contributed by atoms with Crippen LogP contribution in [0.25, 0.3) is 11.1 Å². The highest BCUT2D eigenvalue weighted by Crippen LogP contribution is 2.29. The Hall–Kier alpha value is -3.02. The number of ether oxygens (including phenoxy) is 1. The summed E-state index contributed by atoms with van der Waals surface area (Å²) in [6.45, 7) is 1.88. The van der Waals surface area contributed by atoms with Gasteiger partial charge in [0.05, 0.1) is 5.02 Å². The highest BCUT2D eigenvalue weighted by Gasteiger charge is 2.11. The minimum Gasteiger partial charge on any atom is -0.483 e. The zero-order valence-electron chi connectivity index (χ0n) is 16.1. The topological polar surface area (TPSA) is 64.4 Å². The maximum absolute atomic E-state index is 12.1. The third-order valence-corrected chi connectivity index (χ3v) is 5.00. The summed E-state index contributed by atoms with van der Waals surface area (Å²) in [5.41, 5.74) is 3.80. The van der Waals surface area contributed by atoms with Crippen molar-refractivity contribution >= 4 is 45.9 Å². The number of aryl methyl sites for hydroxylation is 1. The van der Waals surface area contributed by atoms with Crippen LogP contribution in [0.1, 0.15) is 17.0 Å². The predicted molar refractivity (Wildman–Crippen MR) is 119 cm³/mol. The molecule has 0 atom stereocenters. The van der Waals surface area contributed by atoms with E-state index >= 15 is 0 Å². The first kappa shape index (κ1) is 20.3. The first-order valence-corrected chi connectivity index (χ1v) is 10.1. The van der Waals surface area contributed by atoms with Crippen LogP contribution in [-0.2, 0) is 11.2 Å². The molecule has 4 rings (SSSR count). The predicted octanol–water partition coefficient (Wildman–Crippen LogP) is 6.05. The third-order valence-electron chi connectivity index (χ3n) is 4.50. The minimum atomic E-state index is -0.225. The van der Waals surface area contributed by atoms with Crippen LogP contribution < -0.4 is 10.1 Å². The maximum Gasteiger partial charge on any atom is 0.262 e. The number of para-hydroxylation sites is 1. The van der Waals surface area contributed by atoms with Crippen LogP contribution in [0.15, 0.2) is 65.1 Å². The molecule has 0 fully saturated rings. The molecule has 0 aliphatic heterocycles. The van der Waals surface area contributed by atoms with E-state index in [2.05, 4.69) is 10.3 Å². The molecule has 1 amide bonds. The number of carbonyl (C=O) groups excluding carboxylic acids is 1. The molecular weight excluding hydrogens is 423 g/mol. The molecule has 1 N–H and O–H groups in total. The lowest BCUT2D eigenvalue weighted by molar-refractivity contribution is -0.118. The van der Waals surface area contributed by atoms with E-state index in [9.17, 15) is 4.79 Å². The average molecular weight is 441 g/mol. The molecule has 0 saturated carbocycles. The second-order valence-electron chi connectivity index (χ2n) is 6.82. The van der Waals surface area contributed by atoms with Crippen LogP contribution in [0.5, 0.6) is 5.75 Å². The van der Waals surface area contributed by atoms with Gasteiger partial charge in [-0.05, 0) is 48.4 Å². The SMILES string of the molecule is Cc1ccccc1OCC(=O)Nc1ccc(Cc2nc3cc(Cl)cc(Cl)c3o2)cc1. The van der Waals surface area contributed by atoms with Gasteiger partial charge in [-0.1, -0.05) is 53.5 Å². The fourth-order valence-electron chi connectivity index (χ4n) is 3.02. The molecule has 30 heavy (non-hydrogen) atoms. The number of anilines is 1. The zero-order chi connectivity index (χ0) is 21.1. The van der Waals surface area contributed by atoms with Gasteiger partial charge in [0.15, 0.2) is 18.1 Å². The molecule has 0 saturated heterocycles. The molecule has 4 aromatic rings. The molecular formula is C23H18Cl2N2O3. The Labute approximate surface area is 183 Å². The van der Waals surface area contributed by atoms with Gasteiger partial charge in [0.2, 0.25) is 0 Å². The Bertz CT molecular complexity index is 1200. The minimum absolute atomic E-state index is 0.0567. The van der Waals surface area contributed by atoms with Crippen LogP contribution >= 0.6 is 23.2 Å². The Balaban J connectivity index is 1.36. The van der Waals surface area contributed by atoms with E-state index in [0.717, 1.165) is 11.1 Å². The number of hydrogen-bond acceptors (Lipinski definition) is 4. The number of oxazole rings is 1. The van der Waals surface area contributed by atoms with Gasteiger partial charge in [-0.2, -0.15) is 0 Å². The number of benzene rings is 3. The largest absolute Gasteiger partial charge is 0.483 e. The van der Waals surface area contributed by atoms with Crippen molar-refractivity contribution in [1.82, 2.24) is 4.98 Å². The quantitative estimate of drug-likeness (QED) is 0.396. The van der Waals surface area contributed by atoms with Crippen molar-refractivity contribution in [2.75, 3.05) is 11.9 Å². The average Bonchev–Trinajstić information content (AvgIpc) is 3.11. The molecule has 0 spiro atoms. The molecule has 1 aromatic heterocycles. The second-order valence-corrected chi connectivity index (χ2v) is 7.66. The summed E-state index contributed by atoms with van der Waals surface area (Å²) in [5.74, 6) is 1.01. The van der Waals surface area contributed by atoms with Crippen molar-refractivity contribution in [2.24, 2.45) is 0 Å². The molecule has 7 heteroatoms. The zero-order valence-corrected chi connectivity index (χ0v) is 17.6. The molecule has 3 aromatic carbocycles. The van der Waals surface area contributed by atoms with E-state index in [1.54, 1.807) is 12.1 Å². The number of rotatable bonds is 6. The molecule has 0 bridgehead atoms. The number of hydrogen-bond donors (Lipinski definition) is 1. The fourth-order valence-corrected chi connectivity index (χ4v) is 3.54. The van der Waals surface area contributed by atoms with Gasteiger partial charge in [-0.3, -0.25) is 4.79 Å². The lowest BCUT2D eigenvalue weighted by atomic mass is 10.1. The second kappa shape index (κ2) is 8.78. The lowest BCUT2D eigenvalue weighted by Crippen LogP contribution is -2.20. The van der Waals surface area contributed by atoms with E-state index < -0.39 is 0 Å². The molecule has 0 aliphatic rings. The Kier molecular flexibility index (Phi) is 5.93. The van der Waals surface area contributed by atoms with E-state index in [4.69, 9.17) is 32.4 Å². The molecule has 152 valence electrons. The summed E-state index contributed by atoms with van der Waals surface area (Å²) in [6, 6.07) is 18.4. The first-order chi connectivity index (χ1) is 14.5. The van der Waals surface area contributed by atoms with E-state index in [1.165, 1.54) is 0 Å². The Morgan fingerprint density at radius 2 is 1.87 bits per heavy atom. The normalized spacial score (nSPS) is 10.9. The molecule has 0 aliphatic carbocycles. The summed E-state index contributed by atoms with van der Waals surface area (Å²) in [7, 11) is 0. The van der Waals surface area contributed by atoms with Crippen LogP contribution in [-0.4, -0.2) is 17.5 Å². The molecule has 1 heterocycles. The van der Waals surface area contributed by atoms with Crippen molar-refractivity contribution in [1.29, 1.82) is 0 Å². The molecule has 0 radical (unpaired) electrons. The Morgan fingerprint density at radius 1 is 1.10 bits per heavy atom. The van der Waals surface area contributed by atoms with Crippen molar-refractivity contribution in [3.05, 3.63) is 87.7 Å². The number of fused-ring (bicyclic) bond motifs is 1. The smallest absolute Gasteiger partial charge is 0.262 e. The summed E-state index contributed by atoms with van der Waals surface area (Å²) >= 11 is 12.2. The molecule has 0 unspecified atom stereocenters. The van der Waals surface area contributed by atoms with Gasteiger partial charge in [0.25, 0.3) is 5.91 Å². The van der Waals surface area contributed by atoms with Gasteiger partial charge in [0, 0.05) is 17.1 Å². The van der Waals surface area contributed by atoms with Gasteiger partial charge >= 0.3 is 0 Å². The van der Waals surface area contributed by atoms with Gasteiger partial charge in [0.1, 0.15) is 11.3 Å². The third kappa shape index (κ3) is 4.75. The number of halogens is 2. The highest BCUT2D eigenvalue weighted by atomic mass is 35.5. The summed E-state index contributed by atoms with van der Waals surface area (Å²) < 4.78 is 11.3. The lowest BCUT2D eigenvalue weighted by Gasteiger charge is -2.09. The number of amides is 1. The monoisotopic (exact) mass is 440 g/mol. The fraction of sp³-hybridized carbons (Fsp3) is 0.130. The first-order valence-electron chi connectivity index (χ1n) is 9.29. The Morgan fingerprint density at radius 3 is 2.63 bits per heavy atom. The van der Waals surface area contributed by atoms with Crippen LogP contribution in [0.3, 0.4) is 0 Å². The van der Waals surface area contributed by atoms with Crippen molar-refractivity contribution in [2.45, 2.75) is 13.3 Å². The number of carbonyl (C=O) groups is 1. The number of nitrogens with zero attached hydrogens (tertiary/aromatic N) is 1. The van der Waals surface area contributed by atoms with Crippen LogP contribution in [0.4, 0.5) is 5.69 Å². The summed E-state index contributed by atoms with van der Waals surface area (Å²) in [5, 5.41) is 3.77. The van der Waals surface area contributed by atoms with Gasteiger partial charge in [-0.25, -0.2) is 4.98 Å². The number of aromatic nitrogens is 1.